The fourth-order valence-electron chi connectivity index (χ4n) is 2.48. The second-order valence-corrected chi connectivity index (χ2v) is 4.91. The summed E-state index contributed by atoms with van der Waals surface area (Å²) in [7, 11) is 3.32. The van der Waals surface area contributed by atoms with Gasteiger partial charge in [0.2, 0.25) is 0 Å². The lowest BCUT2D eigenvalue weighted by Gasteiger charge is -2.19. The van der Waals surface area contributed by atoms with Crippen LogP contribution < -0.4 is 14.8 Å². The van der Waals surface area contributed by atoms with Gasteiger partial charge in [-0.25, -0.2) is 0 Å². The van der Waals surface area contributed by atoms with Gasteiger partial charge in [-0.15, -0.1) is 0 Å². The van der Waals surface area contributed by atoms with Gasteiger partial charge in [0, 0.05) is 6.04 Å². The number of methoxy groups -OCH3 is 2. The van der Waals surface area contributed by atoms with Gasteiger partial charge in [-0.3, -0.25) is 0 Å². The molecule has 0 heterocycles. The van der Waals surface area contributed by atoms with Gasteiger partial charge in [0.15, 0.2) is 11.5 Å². The Morgan fingerprint density at radius 1 is 0.952 bits per heavy atom. The number of hydrogen-bond donors (Lipinski definition) is 1. The first-order valence-corrected chi connectivity index (χ1v) is 7.27. The standard InChI is InChI=1S/C18H23NO2/c1-4-19-16(15-8-6-5-7-9-15)12-14-10-11-17(20-2)18(13-14)21-3/h5-11,13,16,19H,4,12H2,1-3H3. The Labute approximate surface area is 126 Å². The summed E-state index contributed by atoms with van der Waals surface area (Å²) in [6.45, 7) is 3.07. The number of benzene rings is 2. The molecule has 21 heavy (non-hydrogen) atoms. The largest absolute Gasteiger partial charge is 0.493 e. The van der Waals surface area contributed by atoms with Crippen molar-refractivity contribution in [3.05, 3.63) is 59.7 Å². The lowest BCUT2D eigenvalue weighted by Crippen LogP contribution is -2.22. The highest BCUT2D eigenvalue weighted by Crippen LogP contribution is 2.29. The maximum Gasteiger partial charge on any atom is 0.160 e. The van der Waals surface area contributed by atoms with E-state index in [1.165, 1.54) is 11.1 Å². The van der Waals surface area contributed by atoms with E-state index in [1.54, 1.807) is 14.2 Å². The molecule has 0 amide bonds. The minimum atomic E-state index is 0.300. The maximum absolute atomic E-state index is 5.38. The summed E-state index contributed by atoms with van der Waals surface area (Å²) in [6.07, 6.45) is 0.915. The molecule has 2 aromatic carbocycles. The highest BCUT2D eigenvalue weighted by Gasteiger charge is 2.12. The number of hydrogen-bond acceptors (Lipinski definition) is 3. The van der Waals surface area contributed by atoms with E-state index < -0.39 is 0 Å². The molecule has 0 aliphatic carbocycles. The third kappa shape index (κ3) is 3.99. The van der Waals surface area contributed by atoms with Gasteiger partial charge >= 0.3 is 0 Å². The summed E-state index contributed by atoms with van der Waals surface area (Å²) in [5.41, 5.74) is 2.52. The van der Waals surface area contributed by atoms with Crippen molar-refractivity contribution in [3.63, 3.8) is 0 Å². The first kappa shape index (κ1) is 15.4. The average molecular weight is 285 g/mol. The Morgan fingerprint density at radius 2 is 1.67 bits per heavy atom. The van der Waals surface area contributed by atoms with Gasteiger partial charge in [0.1, 0.15) is 0 Å². The maximum atomic E-state index is 5.38. The Kier molecular flexibility index (Phi) is 5.64. The molecule has 0 saturated heterocycles. The molecular formula is C18H23NO2. The Bertz CT molecular complexity index is 554. The van der Waals surface area contributed by atoms with Gasteiger partial charge in [-0.2, -0.15) is 0 Å². The Balaban J connectivity index is 2.21. The summed E-state index contributed by atoms with van der Waals surface area (Å²) in [6, 6.07) is 16.9. The molecule has 0 aromatic heterocycles. The van der Waals surface area contributed by atoms with Gasteiger partial charge in [-0.05, 0) is 36.2 Å². The molecule has 0 fully saturated rings. The van der Waals surface area contributed by atoms with E-state index in [0.717, 1.165) is 24.5 Å². The predicted molar refractivity (Wildman–Crippen MR) is 86.1 cm³/mol. The van der Waals surface area contributed by atoms with Crippen LogP contribution in [0.2, 0.25) is 0 Å². The molecule has 2 rings (SSSR count). The summed E-state index contributed by atoms with van der Waals surface area (Å²) >= 11 is 0. The van der Waals surface area contributed by atoms with Crippen LogP contribution in [0.5, 0.6) is 11.5 Å². The van der Waals surface area contributed by atoms with Crippen LogP contribution in [0.1, 0.15) is 24.1 Å². The number of nitrogens with one attached hydrogen (secondary N) is 1. The average Bonchev–Trinajstić information content (AvgIpc) is 2.55. The van der Waals surface area contributed by atoms with E-state index in [2.05, 4.69) is 42.6 Å². The smallest absolute Gasteiger partial charge is 0.160 e. The second kappa shape index (κ2) is 7.70. The lowest BCUT2D eigenvalue weighted by atomic mass is 9.98. The van der Waals surface area contributed by atoms with Crippen LogP contribution in [0.15, 0.2) is 48.5 Å². The van der Waals surface area contributed by atoms with Crippen molar-refractivity contribution in [2.24, 2.45) is 0 Å². The highest BCUT2D eigenvalue weighted by molar-refractivity contribution is 5.43. The summed E-state index contributed by atoms with van der Waals surface area (Å²) in [4.78, 5) is 0. The van der Waals surface area contributed by atoms with Crippen LogP contribution in [-0.2, 0) is 6.42 Å². The minimum Gasteiger partial charge on any atom is -0.493 e. The molecule has 112 valence electrons. The zero-order valence-electron chi connectivity index (χ0n) is 12.9. The summed E-state index contributed by atoms with van der Waals surface area (Å²) < 4.78 is 10.7. The van der Waals surface area contributed by atoms with E-state index in [9.17, 15) is 0 Å². The fraction of sp³-hybridized carbons (Fsp3) is 0.333. The third-order valence-corrected chi connectivity index (χ3v) is 3.54. The predicted octanol–water partition coefficient (Wildman–Crippen LogP) is 3.60. The monoisotopic (exact) mass is 285 g/mol. The third-order valence-electron chi connectivity index (χ3n) is 3.54. The molecule has 2 aromatic rings. The van der Waals surface area contributed by atoms with Crippen molar-refractivity contribution in [3.8, 4) is 11.5 Å². The fourth-order valence-corrected chi connectivity index (χ4v) is 2.48. The second-order valence-electron chi connectivity index (χ2n) is 4.91. The zero-order chi connectivity index (χ0) is 15.1. The van der Waals surface area contributed by atoms with Crippen molar-refractivity contribution < 1.29 is 9.47 Å². The molecule has 0 saturated carbocycles. The van der Waals surface area contributed by atoms with E-state index >= 15 is 0 Å². The van der Waals surface area contributed by atoms with Gasteiger partial charge in [0.05, 0.1) is 14.2 Å². The number of rotatable bonds is 7. The topological polar surface area (TPSA) is 30.5 Å². The van der Waals surface area contributed by atoms with Gasteiger partial charge in [-0.1, -0.05) is 43.3 Å². The quantitative estimate of drug-likeness (QED) is 0.843. The van der Waals surface area contributed by atoms with Gasteiger partial charge in [0.25, 0.3) is 0 Å². The van der Waals surface area contributed by atoms with Crippen LogP contribution in [0.4, 0.5) is 0 Å². The molecule has 0 spiro atoms. The first-order chi connectivity index (χ1) is 10.3. The first-order valence-electron chi connectivity index (χ1n) is 7.27. The van der Waals surface area contributed by atoms with Gasteiger partial charge < -0.3 is 14.8 Å². The number of likely N-dealkylation sites (N-methyl/N-ethyl adjacent to an activating group) is 1. The van der Waals surface area contributed by atoms with Crippen LogP contribution in [-0.4, -0.2) is 20.8 Å². The van der Waals surface area contributed by atoms with Crippen LogP contribution in [0, 0.1) is 0 Å². The normalized spacial score (nSPS) is 12.0. The van der Waals surface area contributed by atoms with E-state index in [0.29, 0.717) is 6.04 Å². The molecule has 0 aliphatic heterocycles. The molecule has 1 N–H and O–H groups in total. The van der Waals surface area contributed by atoms with Crippen LogP contribution in [0.3, 0.4) is 0 Å². The molecule has 1 unspecified atom stereocenters. The van der Waals surface area contributed by atoms with Crippen molar-refractivity contribution in [1.82, 2.24) is 5.32 Å². The molecule has 0 radical (unpaired) electrons. The molecule has 0 aliphatic rings. The molecule has 1 atom stereocenters. The molecular weight excluding hydrogens is 262 g/mol. The summed E-state index contributed by atoms with van der Waals surface area (Å²) in [5, 5.41) is 3.54. The van der Waals surface area contributed by atoms with Crippen molar-refractivity contribution in [1.29, 1.82) is 0 Å². The molecule has 3 nitrogen and oxygen atoms in total. The minimum absolute atomic E-state index is 0.300. The molecule has 3 heteroatoms. The highest BCUT2D eigenvalue weighted by atomic mass is 16.5. The SMILES string of the molecule is CCNC(Cc1ccc(OC)c(OC)c1)c1ccccc1. The zero-order valence-corrected chi connectivity index (χ0v) is 12.9. The van der Waals surface area contributed by atoms with E-state index in [4.69, 9.17) is 9.47 Å². The lowest BCUT2D eigenvalue weighted by molar-refractivity contribution is 0.354. The van der Waals surface area contributed by atoms with Crippen molar-refractivity contribution in [2.75, 3.05) is 20.8 Å². The molecule has 0 bridgehead atoms. The van der Waals surface area contributed by atoms with E-state index in [-0.39, 0.29) is 0 Å². The van der Waals surface area contributed by atoms with Crippen LogP contribution >= 0.6 is 0 Å². The summed E-state index contributed by atoms with van der Waals surface area (Å²) in [5.74, 6) is 1.54. The Hall–Kier alpha value is -2.00. The van der Waals surface area contributed by atoms with Crippen LogP contribution in [0.25, 0.3) is 0 Å². The van der Waals surface area contributed by atoms with Crippen molar-refractivity contribution in [2.45, 2.75) is 19.4 Å². The Morgan fingerprint density at radius 3 is 2.29 bits per heavy atom. The number of ether oxygens (including phenoxy) is 2. The van der Waals surface area contributed by atoms with Crippen molar-refractivity contribution >= 4 is 0 Å². The van der Waals surface area contributed by atoms with E-state index in [1.807, 2.05) is 18.2 Å².